The summed E-state index contributed by atoms with van der Waals surface area (Å²) in [6.07, 6.45) is 0.947. The molecule has 2 aromatic rings. The number of hydrogen-bond acceptors (Lipinski definition) is 5. The van der Waals surface area contributed by atoms with Crippen LogP contribution in [0.25, 0.3) is 0 Å². The van der Waals surface area contributed by atoms with Gasteiger partial charge in [-0.2, -0.15) is 0 Å². The second kappa shape index (κ2) is 13.0. The molecule has 0 aliphatic carbocycles. The summed E-state index contributed by atoms with van der Waals surface area (Å²) in [5.41, 5.74) is 1.08. The summed E-state index contributed by atoms with van der Waals surface area (Å²) in [5.74, 6) is 1.10. The summed E-state index contributed by atoms with van der Waals surface area (Å²) in [6.45, 7) is 6.38. The van der Waals surface area contributed by atoms with Gasteiger partial charge in [-0.15, -0.1) is 12.4 Å². The standard InChI is InChI=1S/C22H29N3O3.ClH/c26-22(24-11-6-14-25-15-12-23-13-16-25)18-28-21-10-5-4-9-20(21)27-17-19-7-2-1-3-8-19;/h1-5,7-10,23H,6,11-18H2,(H,24,26);1H. The smallest absolute Gasteiger partial charge is 0.257 e. The lowest BCUT2D eigenvalue weighted by molar-refractivity contribution is -0.123. The lowest BCUT2D eigenvalue weighted by Gasteiger charge is -2.27. The van der Waals surface area contributed by atoms with E-state index in [9.17, 15) is 4.79 Å². The molecule has 0 radical (unpaired) electrons. The zero-order chi connectivity index (χ0) is 19.4. The molecule has 0 saturated carbocycles. The Kier molecular flexibility index (Phi) is 10.3. The van der Waals surface area contributed by atoms with Crippen molar-refractivity contribution in [1.82, 2.24) is 15.5 Å². The molecular weight excluding hydrogens is 390 g/mol. The maximum absolute atomic E-state index is 12.1. The van der Waals surface area contributed by atoms with E-state index in [0.29, 0.717) is 24.7 Å². The van der Waals surface area contributed by atoms with Gasteiger partial charge in [-0.05, 0) is 30.7 Å². The van der Waals surface area contributed by atoms with Crippen LogP contribution in [0.15, 0.2) is 54.6 Å². The first-order valence-corrected chi connectivity index (χ1v) is 9.89. The number of rotatable bonds is 10. The number of nitrogens with zero attached hydrogens (tertiary/aromatic N) is 1. The fourth-order valence-electron chi connectivity index (χ4n) is 3.08. The van der Waals surface area contributed by atoms with Gasteiger partial charge in [0.15, 0.2) is 18.1 Å². The van der Waals surface area contributed by atoms with Crippen molar-refractivity contribution in [2.75, 3.05) is 45.9 Å². The quantitative estimate of drug-likeness (QED) is 0.579. The van der Waals surface area contributed by atoms with E-state index in [-0.39, 0.29) is 24.9 Å². The summed E-state index contributed by atoms with van der Waals surface area (Å²) in [6, 6.07) is 17.4. The Balaban J connectivity index is 0.00000300. The van der Waals surface area contributed by atoms with Crippen LogP contribution in [0, 0.1) is 0 Å². The van der Waals surface area contributed by atoms with E-state index >= 15 is 0 Å². The first-order valence-electron chi connectivity index (χ1n) is 9.89. The normalized spacial score (nSPS) is 13.9. The molecule has 1 saturated heterocycles. The summed E-state index contributed by atoms with van der Waals surface area (Å²) >= 11 is 0. The minimum Gasteiger partial charge on any atom is -0.485 e. The van der Waals surface area contributed by atoms with Crippen LogP contribution in [0.4, 0.5) is 0 Å². The number of para-hydroxylation sites is 2. The van der Waals surface area contributed by atoms with Gasteiger partial charge in [0, 0.05) is 32.7 Å². The van der Waals surface area contributed by atoms with Gasteiger partial charge in [-0.25, -0.2) is 0 Å². The van der Waals surface area contributed by atoms with Gasteiger partial charge in [-0.3, -0.25) is 4.79 Å². The van der Waals surface area contributed by atoms with Crippen LogP contribution in [0.3, 0.4) is 0 Å². The Hall–Kier alpha value is -2.28. The molecule has 0 spiro atoms. The van der Waals surface area contributed by atoms with Crippen molar-refractivity contribution in [3.8, 4) is 11.5 Å². The van der Waals surface area contributed by atoms with Crippen LogP contribution in [0.2, 0.25) is 0 Å². The maximum atomic E-state index is 12.1. The number of ether oxygens (including phenoxy) is 2. The minimum atomic E-state index is -0.113. The molecule has 1 fully saturated rings. The maximum Gasteiger partial charge on any atom is 0.257 e. The number of halogens is 1. The topological polar surface area (TPSA) is 62.8 Å². The molecule has 7 heteroatoms. The average Bonchev–Trinajstić information content (AvgIpc) is 2.76. The van der Waals surface area contributed by atoms with E-state index in [4.69, 9.17) is 9.47 Å². The van der Waals surface area contributed by atoms with Crippen LogP contribution in [-0.2, 0) is 11.4 Å². The zero-order valence-corrected chi connectivity index (χ0v) is 17.5. The Morgan fingerprint density at radius 1 is 0.966 bits per heavy atom. The zero-order valence-electron chi connectivity index (χ0n) is 16.6. The highest BCUT2D eigenvalue weighted by molar-refractivity contribution is 5.85. The predicted molar refractivity (Wildman–Crippen MR) is 117 cm³/mol. The van der Waals surface area contributed by atoms with E-state index in [0.717, 1.165) is 44.7 Å². The molecule has 6 nitrogen and oxygen atoms in total. The Morgan fingerprint density at radius 3 is 2.34 bits per heavy atom. The van der Waals surface area contributed by atoms with E-state index in [1.165, 1.54) is 0 Å². The molecule has 3 rings (SSSR count). The summed E-state index contributed by atoms with van der Waals surface area (Å²) in [5, 5.41) is 6.26. The molecule has 158 valence electrons. The largest absolute Gasteiger partial charge is 0.485 e. The Morgan fingerprint density at radius 2 is 1.62 bits per heavy atom. The number of piperazine rings is 1. The van der Waals surface area contributed by atoms with Crippen LogP contribution in [0.1, 0.15) is 12.0 Å². The van der Waals surface area contributed by atoms with Crippen LogP contribution < -0.4 is 20.1 Å². The van der Waals surface area contributed by atoms with Crippen molar-refractivity contribution in [3.05, 3.63) is 60.2 Å². The van der Waals surface area contributed by atoms with Crippen LogP contribution in [-0.4, -0.2) is 56.7 Å². The molecule has 0 atom stereocenters. The number of amides is 1. The van der Waals surface area contributed by atoms with Gasteiger partial charge in [-0.1, -0.05) is 42.5 Å². The van der Waals surface area contributed by atoms with E-state index in [2.05, 4.69) is 15.5 Å². The molecule has 1 heterocycles. The first-order chi connectivity index (χ1) is 13.8. The lowest BCUT2D eigenvalue weighted by atomic mass is 10.2. The molecule has 2 aromatic carbocycles. The third-order valence-electron chi connectivity index (χ3n) is 4.63. The van der Waals surface area contributed by atoms with Crippen LogP contribution >= 0.6 is 12.4 Å². The van der Waals surface area contributed by atoms with Gasteiger partial charge in [0.25, 0.3) is 5.91 Å². The summed E-state index contributed by atoms with van der Waals surface area (Å²) in [4.78, 5) is 14.5. The monoisotopic (exact) mass is 419 g/mol. The number of carbonyl (C=O) groups is 1. The van der Waals surface area contributed by atoms with Gasteiger partial charge in [0.1, 0.15) is 6.61 Å². The fraction of sp³-hybridized carbons (Fsp3) is 0.409. The molecule has 0 bridgehead atoms. The highest BCUT2D eigenvalue weighted by atomic mass is 35.5. The fourth-order valence-corrected chi connectivity index (χ4v) is 3.08. The highest BCUT2D eigenvalue weighted by Gasteiger charge is 2.10. The molecule has 29 heavy (non-hydrogen) atoms. The Labute approximate surface area is 179 Å². The lowest BCUT2D eigenvalue weighted by Crippen LogP contribution is -2.44. The number of hydrogen-bond donors (Lipinski definition) is 2. The van der Waals surface area contributed by atoms with Gasteiger partial charge >= 0.3 is 0 Å². The number of nitrogens with one attached hydrogen (secondary N) is 2. The molecular formula is C22H30ClN3O3. The van der Waals surface area contributed by atoms with Crippen molar-refractivity contribution in [2.24, 2.45) is 0 Å². The van der Waals surface area contributed by atoms with Gasteiger partial charge in [0.2, 0.25) is 0 Å². The van der Waals surface area contributed by atoms with Crippen LogP contribution in [0.5, 0.6) is 11.5 Å². The molecule has 1 aliphatic heterocycles. The number of benzene rings is 2. The van der Waals surface area contributed by atoms with Gasteiger partial charge in [0.05, 0.1) is 0 Å². The van der Waals surface area contributed by atoms with E-state index in [1.807, 2.05) is 54.6 Å². The van der Waals surface area contributed by atoms with Crippen molar-refractivity contribution < 1.29 is 14.3 Å². The minimum absolute atomic E-state index is 0. The summed E-state index contributed by atoms with van der Waals surface area (Å²) in [7, 11) is 0. The van der Waals surface area contributed by atoms with Gasteiger partial charge < -0.3 is 25.0 Å². The SMILES string of the molecule is Cl.O=C(COc1ccccc1OCc1ccccc1)NCCCN1CCNCC1. The highest BCUT2D eigenvalue weighted by Crippen LogP contribution is 2.27. The molecule has 1 amide bonds. The second-order valence-electron chi connectivity index (χ2n) is 6.80. The van der Waals surface area contributed by atoms with Crippen molar-refractivity contribution in [3.63, 3.8) is 0 Å². The van der Waals surface area contributed by atoms with Crippen molar-refractivity contribution in [2.45, 2.75) is 13.0 Å². The third kappa shape index (κ3) is 8.31. The molecule has 2 N–H and O–H groups in total. The van der Waals surface area contributed by atoms with E-state index < -0.39 is 0 Å². The Bertz CT molecular complexity index is 724. The predicted octanol–water partition coefficient (Wildman–Crippen LogP) is 2.48. The molecule has 0 aromatic heterocycles. The summed E-state index contributed by atoms with van der Waals surface area (Å²) < 4.78 is 11.5. The second-order valence-corrected chi connectivity index (χ2v) is 6.80. The molecule has 0 unspecified atom stereocenters. The van der Waals surface area contributed by atoms with Crippen molar-refractivity contribution >= 4 is 18.3 Å². The van der Waals surface area contributed by atoms with Crippen molar-refractivity contribution in [1.29, 1.82) is 0 Å². The average molecular weight is 420 g/mol. The molecule has 1 aliphatic rings. The first kappa shape index (κ1) is 23.0. The van der Waals surface area contributed by atoms with E-state index in [1.54, 1.807) is 0 Å². The third-order valence-corrected chi connectivity index (χ3v) is 4.63. The number of carbonyl (C=O) groups excluding carboxylic acids is 1.